The van der Waals surface area contributed by atoms with Crippen LogP contribution in [0.3, 0.4) is 0 Å². The van der Waals surface area contributed by atoms with Gasteiger partial charge in [-0.25, -0.2) is 4.79 Å². The van der Waals surface area contributed by atoms with Crippen LogP contribution in [-0.4, -0.2) is 17.2 Å². The first-order chi connectivity index (χ1) is 9.19. The molecule has 0 radical (unpaired) electrons. The van der Waals surface area contributed by atoms with E-state index in [1.54, 1.807) is 0 Å². The number of carbonyl (C=O) groups is 1. The highest BCUT2D eigenvalue weighted by atomic mass is 79.9. The summed E-state index contributed by atoms with van der Waals surface area (Å²) < 4.78 is 6.29. The zero-order chi connectivity index (χ0) is 15.0. The second-order valence-corrected chi connectivity index (χ2v) is 7.61. The molecule has 1 aliphatic rings. The van der Waals surface area contributed by atoms with Gasteiger partial charge in [-0.05, 0) is 57.7 Å². The molecular formula is C15H19BrClNO2. The minimum Gasteiger partial charge on any atom is -0.444 e. The van der Waals surface area contributed by atoms with Crippen LogP contribution in [0.4, 0.5) is 4.79 Å². The van der Waals surface area contributed by atoms with Crippen molar-refractivity contribution in [3.8, 4) is 0 Å². The van der Waals surface area contributed by atoms with Crippen LogP contribution in [0.25, 0.3) is 0 Å². The largest absolute Gasteiger partial charge is 0.444 e. The van der Waals surface area contributed by atoms with Gasteiger partial charge in [0.05, 0.1) is 0 Å². The molecule has 1 saturated carbocycles. The van der Waals surface area contributed by atoms with Gasteiger partial charge in [0.2, 0.25) is 0 Å². The molecule has 0 atom stereocenters. The van der Waals surface area contributed by atoms with Crippen molar-refractivity contribution in [3.05, 3.63) is 33.3 Å². The summed E-state index contributed by atoms with van der Waals surface area (Å²) in [5.74, 6) is 0. The number of hydrogen-bond donors (Lipinski definition) is 1. The zero-order valence-electron chi connectivity index (χ0n) is 11.9. The van der Waals surface area contributed by atoms with Crippen LogP contribution in [0.5, 0.6) is 0 Å². The van der Waals surface area contributed by atoms with Crippen LogP contribution in [0.15, 0.2) is 22.7 Å². The Kier molecular flexibility index (Phi) is 4.35. The zero-order valence-corrected chi connectivity index (χ0v) is 14.3. The molecule has 1 amide bonds. The molecule has 0 heterocycles. The Hall–Kier alpha value is -0.740. The first-order valence-electron chi connectivity index (χ1n) is 6.64. The smallest absolute Gasteiger partial charge is 0.408 e. The molecule has 0 bridgehead atoms. The molecule has 1 N–H and O–H groups in total. The van der Waals surface area contributed by atoms with E-state index in [2.05, 4.69) is 21.2 Å². The molecule has 5 heteroatoms. The summed E-state index contributed by atoms with van der Waals surface area (Å²) in [6.07, 6.45) is 2.38. The van der Waals surface area contributed by atoms with Crippen molar-refractivity contribution in [3.63, 3.8) is 0 Å². The minimum atomic E-state index is -0.471. The van der Waals surface area contributed by atoms with Crippen LogP contribution >= 0.6 is 27.5 Å². The van der Waals surface area contributed by atoms with E-state index in [1.807, 2.05) is 39.0 Å². The normalized spacial score (nSPS) is 16.6. The lowest BCUT2D eigenvalue weighted by Crippen LogP contribution is -2.42. The maximum Gasteiger partial charge on any atom is 0.408 e. The topological polar surface area (TPSA) is 38.3 Å². The standard InChI is InChI=1S/C15H19BrClNO2/c1-14(2,3)20-13(19)18-15(6-7-15)9-10-4-5-11(17)8-12(10)16/h4-5,8H,6-7,9H2,1-3H3,(H,18,19). The van der Waals surface area contributed by atoms with E-state index in [0.29, 0.717) is 5.02 Å². The highest BCUT2D eigenvalue weighted by molar-refractivity contribution is 9.10. The maximum atomic E-state index is 11.9. The number of hydrogen-bond acceptors (Lipinski definition) is 2. The lowest BCUT2D eigenvalue weighted by atomic mass is 10.0. The fraction of sp³-hybridized carbons (Fsp3) is 0.533. The predicted octanol–water partition coefficient (Wildman–Crippen LogP) is 4.70. The number of ether oxygens (including phenoxy) is 1. The Bertz CT molecular complexity index is 521. The van der Waals surface area contributed by atoms with Gasteiger partial charge in [-0.3, -0.25) is 0 Å². The average Bonchev–Trinajstić information content (AvgIpc) is 2.99. The van der Waals surface area contributed by atoms with E-state index in [-0.39, 0.29) is 11.6 Å². The van der Waals surface area contributed by atoms with Crippen molar-refractivity contribution >= 4 is 33.6 Å². The maximum absolute atomic E-state index is 11.9. The quantitative estimate of drug-likeness (QED) is 0.848. The van der Waals surface area contributed by atoms with Gasteiger partial charge in [-0.1, -0.05) is 33.6 Å². The SMILES string of the molecule is CC(C)(C)OC(=O)NC1(Cc2ccc(Cl)cc2Br)CC1. The predicted molar refractivity (Wildman–Crippen MR) is 84.2 cm³/mol. The first-order valence-corrected chi connectivity index (χ1v) is 7.81. The summed E-state index contributed by atoms with van der Waals surface area (Å²) in [7, 11) is 0. The summed E-state index contributed by atoms with van der Waals surface area (Å²) in [6, 6.07) is 5.73. The van der Waals surface area contributed by atoms with Crippen molar-refractivity contribution in [1.29, 1.82) is 0 Å². The highest BCUT2D eigenvalue weighted by Crippen LogP contribution is 2.40. The van der Waals surface area contributed by atoms with Gasteiger partial charge < -0.3 is 10.1 Å². The van der Waals surface area contributed by atoms with Crippen molar-refractivity contribution in [2.24, 2.45) is 0 Å². The molecule has 3 nitrogen and oxygen atoms in total. The number of amides is 1. The highest BCUT2D eigenvalue weighted by Gasteiger charge is 2.45. The van der Waals surface area contributed by atoms with Gasteiger partial charge in [0.25, 0.3) is 0 Å². The van der Waals surface area contributed by atoms with Crippen molar-refractivity contribution < 1.29 is 9.53 Å². The molecule has 0 saturated heterocycles. The number of halogens is 2. The number of nitrogens with one attached hydrogen (secondary N) is 1. The Balaban J connectivity index is 2.00. The van der Waals surface area contributed by atoms with Crippen molar-refractivity contribution in [1.82, 2.24) is 5.32 Å². The molecule has 1 fully saturated rings. The first kappa shape index (κ1) is 15.6. The molecular weight excluding hydrogens is 342 g/mol. The van der Waals surface area contributed by atoms with E-state index >= 15 is 0 Å². The number of benzene rings is 1. The molecule has 0 aromatic heterocycles. The Morgan fingerprint density at radius 1 is 1.45 bits per heavy atom. The number of alkyl carbamates (subject to hydrolysis) is 1. The average molecular weight is 361 g/mol. The lowest BCUT2D eigenvalue weighted by molar-refractivity contribution is 0.0496. The summed E-state index contributed by atoms with van der Waals surface area (Å²) in [4.78, 5) is 11.9. The summed E-state index contributed by atoms with van der Waals surface area (Å²) in [5.41, 5.74) is 0.502. The van der Waals surface area contributed by atoms with E-state index in [4.69, 9.17) is 16.3 Å². The van der Waals surface area contributed by atoms with E-state index in [9.17, 15) is 4.79 Å². The Morgan fingerprint density at radius 3 is 2.60 bits per heavy atom. The fourth-order valence-electron chi connectivity index (χ4n) is 2.05. The van der Waals surface area contributed by atoms with E-state index in [1.165, 1.54) is 0 Å². The van der Waals surface area contributed by atoms with Gasteiger partial charge in [-0.15, -0.1) is 0 Å². The van der Waals surface area contributed by atoms with Crippen LogP contribution in [-0.2, 0) is 11.2 Å². The van der Waals surface area contributed by atoms with E-state index < -0.39 is 5.60 Å². The number of carbonyl (C=O) groups excluding carboxylic acids is 1. The molecule has 2 rings (SSSR count). The lowest BCUT2D eigenvalue weighted by Gasteiger charge is -2.23. The molecule has 110 valence electrons. The third-order valence-corrected chi connectivity index (χ3v) is 4.14. The molecule has 0 spiro atoms. The van der Waals surface area contributed by atoms with Crippen LogP contribution in [0.1, 0.15) is 39.2 Å². The minimum absolute atomic E-state index is 0.168. The van der Waals surface area contributed by atoms with Crippen LogP contribution in [0.2, 0.25) is 5.02 Å². The van der Waals surface area contributed by atoms with Crippen molar-refractivity contribution in [2.45, 2.75) is 51.2 Å². The molecule has 1 aromatic carbocycles. The molecule has 20 heavy (non-hydrogen) atoms. The van der Waals surface area contributed by atoms with Gasteiger partial charge in [0.15, 0.2) is 0 Å². The van der Waals surface area contributed by atoms with E-state index in [0.717, 1.165) is 29.3 Å². The molecule has 1 aliphatic carbocycles. The van der Waals surface area contributed by atoms with Gasteiger partial charge >= 0.3 is 6.09 Å². The Labute approximate surface area is 133 Å². The molecule has 0 unspecified atom stereocenters. The fourth-order valence-corrected chi connectivity index (χ4v) is 2.87. The molecule has 0 aliphatic heterocycles. The number of rotatable bonds is 3. The third kappa shape index (κ3) is 4.38. The van der Waals surface area contributed by atoms with Gasteiger partial charge in [-0.2, -0.15) is 0 Å². The van der Waals surface area contributed by atoms with Gasteiger partial charge in [0, 0.05) is 15.0 Å². The summed E-state index contributed by atoms with van der Waals surface area (Å²) in [5, 5.41) is 3.70. The second kappa shape index (κ2) is 5.57. The monoisotopic (exact) mass is 359 g/mol. The van der Waals surface area contributed by atoms with Crippen LogP contribution in [0, 0.1) is 0 Å². The Morgan fingerprint density at radius 2 is 2.10 bits per heavy atom. The van der Waals surface area contributed by atoms with Crippen LogP contribution < -0.4 is 5.32 Å². The van der Waals surface area contributed by atoms with Crippen molar-refractivity contribution in [2.75, 3.05) is 0 Å². The van der Waals surface area contributed by atoms with Gasteiger partial charge in [0.1, 0.15) is 5.60 Å². The third-order valence-electron chi connectivity index (χ3n) is 3.16. The summed E-state index contributed by atoms with van der Waals surface area (Å²) >= 11 is 9.46. The second-order valence-electron chi connectivity index (χ2n) is 6.32. The summed E-state index contributed by atoms with van der Waals surface area (Å²) in [6.45, 7) is 5.59. The molecule has 1 aromatic rings.